The molecule has 0 bridgehead atoms. The Labute approximate surface area is 39.9 Å². The van der Waals surface area contributed by atoms with Crippen LogP contribution in [0, 0.1) is 5.41 Å². The van der Waals surface area contributed by atoms with E-state index in [4.69, 9.17) is 5.41 Å². The number of hydrogen-bond donors (Lipinski definition) is 1. The monoisotopic (exact) mass is 87.1 g/mol. The number of hydrogen-bond acceptors (Lipinski definition) is 1. The van der Waals surface area contributed by atoms with Crippen molar-refractivity contribution >= 4 is 5.71 Å². The van der Waals surface area contributed by atoms with Gasteiger partial charge in [0.1, 0.15) is 0 Å². The van der Waals surface area contributed by atoms with Gasteiger partial charge in [-0.2, -0.15) is 0 Å². The molecule has 0 rings (SSSR count). The summed E-state index contributed by atoms with van der Waals surface area (Å²) in [7, 11) is 0. The van der Waals surface area contributed by atoms with Gasteiger partial charge in [0, 0.05) is 5.71 Å². The summed E-state index contributed by atoms with van der Waals surface area (Å²) in [6.07, 6.45) is 0. The van der Waals surface area contributed by atoms with Crippen molar-refractivity contribution in [1.82, 2.24) is 0 Å². The second kappa shape index (κ2) is 8.82. The molecule has 0 saturated carbocycles. The van der Waals surface area contributed by atoms with Crippen LogP contribution < -0.4 is 0 Å². The van der Waals surface area contributed by atoms with Crippen LogP contribution in [0.25, 0.3) is 0 Å². The molecule has 0 fully saturated rings. The fourth-order valence-electron chi connectivity index (χ4n) is 0. The van der Waals surface area contributed by atoms with E-state index in [9.17, 15) is 0 Å². The van der Waals surface area contributed by atoms with Gasteiger partial charge in [0.05, 0.1) is 0 Å². The Morgan fingerprint density at radius 3 is 1.17 bits per heavy atom. The molecule has 0 amide bonds. The highest BCUT2D eigenvalue weighted by molar-refractivity contribution is 5.75. The van der Waals surface area contributed by atoms with Crippen LogP contribution in [-0.2, 0) is 0 Å². The second-order valence-corrected chi connectivity index (χ2v) is 1.00. The van der Waals surface area contributed by atoms with Crippen molar-refractivity contribution in [3.8, 4) is 0 Å². The molecule has 0 unspecified atom stereocenters. The normalized spacial score (nSPS) is 5.33. The Balaban J connectivity index is 0. The molecule has 0 aromatic heterocycles. The van der Waals surface area contributed by atoms with Crippen LogP contribution in [0.15, 0.2) is 0 Å². The average Bonchev–Trinajstić information content (AvgIpc) is 1.41. The Morgan fingerprint density at radius 2 is 1.17 bits per heavy atom. The number of rotatable bonds is 0. The van der Waals surface area contributed by atoms with Crippen LogP contribution >= 0.6 is 0 Å². The minimum absolute atomic E-state index is 0.667. The van der Waals surface area contributed by atoms with Gasteiger partial charge in [0.2, 0.25) is 0 Å². The van der Waals surface area contributed by atoms with Crippen molar-refractivity contribution in [3.63, 3.8) is 0 Å². The number of nitrogens with one attached hydrogen (secondary N) is 1. The Kier molecular flexibility index (Phi) is 13.5. The molecule has 1 nitrogen and oxygen atoms in total. The summed E-state index contributed by atoms with van der Waals surface area (Å²) in [6, 6.07) is 0. The highest BCUT2D eigenvalue weighted by atomic mass is 14.3. The predicted octanol–water partition coefficient (Wildman–Crippen LogP) is 2.07. The molecule has 0 aromatic carbocycles. The van der Waals surface area contributed by atoms with Crippen LogP contribution in [0.5, 0.6) is 0 Å². The lowest BCUT2D eigenvalue weighted by Crippen LogP contribution is -1.67. The largest absolute Gasteiger partial charge is 0.310 e. The van der Waals surface area contributed by atoms with Crippen molar-refractivity contribution in [2.45, 2.75) is 27.7 Å². The summed E-state index contributed by atoms with van der Waals surface area (Å²) in [5.74, 6) is 0. The maximum absolute atomic E-state index is 6.50. The van der Waals surface area contributed by atoms with E-state index in [0.29, 0.717) is 5.71 Å². The molecule has 1 N–H and O–H groups in total. The average molecular weight is 87.2 g/mol. The first-order valence-electron chi connectivity index (χ1n) is 2.25. The Morgan fingerprint density at radius 1 is 1.17 bits per heavy atom. The van der Waals surface area contributed by atoms with E-state index in [-0.39, 0.29) is 0 Å². The lowest BCUT2D eigenvalue weighted by molar-refractivity contribution is 1.45. The topological polar surface area (TPSA) is 23.9 Å². The molecule has 6 heavy (non-hydrogen) atoms. The fraction of sp³-hybridized carbons (Fsp3) is 0.800. The zero-order valence-electron chi connectivity index (χ0n) is 5.00. The zero-order valence-corrected chi connectivity index (χ0v) is 5.00. The van der Waals surface area contributed by atoms with Gasteiger partial charge in [-0.05, 0) is 13.8 Å². The molecule has 0 atom stereocenters. The molecule has 0 aliphatic rings. The molecular formula is C5H13N. The van der Waals surface area contributed by atoms with Crippen LogP contribution in [0.3, 0.4) is 0 Å². The third-order valence-corrected chi connectivity index (χ3v) is 0. The summed E-state index contributed by atoms with van der Waals surface area (Å²) in [5, 5.41) is 6.50. The SMILES string of the molecule is CC.CC(C)=N. The van der Waals surface area contributed by atoms with E-state index < -0.39 is 0 Å². The van der Waals surface area contributed by atoms with Crippen molar-refractivity contribution < 1.29 is 0 Å². The minimum atomic E-state index is 0.667. The minimum Gasteiger partial charge on any atom is -0.310 e. The summed E-state index contributed by atoms with van der Waals surface area (Å²) >= 11 is 0. The van der Waals surface area contributed by atoms with Crippen LogP contribution in [0.1, 0.15) is 27.7 Å². The maximum Gasteiger partial charge on any atom is 0.00272 e. The summed E-state index contributed by atoms with van der Waals surface area (Å²) in [6.45, 7) is 7.50. The van der Waals surface area contributed by atoms with Crippen LogP contribution in [0.2, 0.25) is 0 Å². The van der Waals surface area contributed by atoms with Gasteiger partial charge in [0.25, 0.3) is 0 Å². The van der Waals surface area contributed by atoms with Gasteiger partial charge >= 0.3 is 0 Å². The third-order valence-electron chi connectivity index (χ3n) is 0. The highest BCUT2D eigenvalue weighted by Crippen LogP contribution is 1.52. The van der Waals surface area contributed by atoms with E-state index in [1.807, 2.05) is 13.8 Å². The van der Waals surface area contributed by atoms with E-state index >= 15 is 0 Å². The molecule has 0 aromatic rings. The van der Waals surface area contributed by atoms with E-state index in [0.717, 1.165) is 0 Å². The fourth-order valence-corrected chi connectivity index (χ4v) is 0. The molecule has 0 radical (unpaired) electrons. The molecule has 0 heterocycles. The highest BCUT2D eigenvalue weighted by Gasteiger charge is 1.55. The summed E-state index contributed by atoms with van der Waals surface area (Å²) < 4.78 is 0. The first-order chi connectivity index (χ1) is 2.73. The van der Waals surface area contributed by atoms with Crippen molar-refractivity contribution in [2.24, 2.45) is 0 Å². The van der Waals surface area contributed by atoms with Crippen molar-refractivity contribution in [3.05, 3.63) is 0 Å². The van der Waals surface area contributed by atoms with E-state index in [1.165, 1.54) is 0 Å². The molecule has 1 heteroatoms. The first kappa shape index (κ1) is 9.18. The quantitative estimate of drug-likeness (QED) is 0.437. The van der Waals surface area contributed by atoms with Crippen LogP contribution in [-0.4, -0.2) is 5.71 Å². The summed E-state index contributed by atoms with van der Waals surface area (Å²) in [4.78, 5) is 0. The smallest absolute Gasteiger partial charge is 0.00272 e. The Hall–Kier alpha value is -0.330. The van der Waals surface area contributed by atoms with Crippen LogP contribution in [0.4, 0.5) is 0 Å². The second-order valence-electron chi connectivity index (χ2n) is 1.00. The molecular weight excluding hydrogens is 74.1 g/mol. The van der Waals surface area contributed by atoms with Crippen molar-refractivity contribution in [2.75, 3.05) is 0 Å². The summed E-state index contributed by atoms with van der Waals surface area (Å²) in [5.41, 5.74) is 0.667. The molecule has 0 saturated heterocycles. The van der Waals surface area contributed by atoms with Gasteiger partial charge in [-0.3, -0.25) is 0 Å². The van der Waals surface area contributed by atoms with E-state index in [1.54, 1.807) is 13.8 Å². The Bertz CT molecular complexity index is 26.9. The lowest BCUT2D eigenvalue weighted by atomic mass is 10.5. The molecule has 0 spiro atoms. The molecule has 38 valence electrons. The van der Waals surface area contributed by atoms with E-state index in [2.05, 4.69) is 0 Å². The molecule has 0 aliphatic carbocycles. The standard InChI is InChI=1S/C3H7N.C2H6/c1-3(2)4;1-2/h4H,1-2H3;1-2H3. The van der Waals surface area contributed by atoms with Crippen molar-refractivity contribution in [1.29, 1.82) is 5.41 Å². The van der Waals surface area contributed by atoms with Gasteiger partial charge in [-0.25, -0.2) is 0 Å². The van der Waals surface area contributed by atoms with Gasteiger partial charge < -0.3 is 5.41 Å². The van der Waals surface area contributed by atoms with Gasteiger partial charge in [-0.15, -0.1) is 0 Å². The molecule has 0 aliphatic heterocycles. The zero-order chi connectivity index (χ0) is 5.58. The third kappa shape index (κ3) is 240. The van der Waals surface area contributed by atoms with Gasteiger partial charge in [-0.1, -0.05) is 13.8 Å². The maximum atomic E-state index is 6.50. The van der Waals surface area contributed by atoms with Gasteiger partial charge in [0.15, 0.2) is 0 Å². The predicted molar refractivity (Wildman–Crippen MR) is 30.4 cm³/mol. The first-order valence-corrected chi connectivity index (χ1v) is 2.25. The lowest BCUT2D eigenvalue weighted by Gasteiger charge is -1.63.